The van der Waals surface area contributed by atoms with Crippen molar-refractivity contribution in [2.24, 2.45) is 11.8 Å². The Morgan fingerprint density at radius 2 is 0.472 bits per heavy atom. The average molecular weight is 1580 g/mol. The molecule has 17 nitrogen and oxygen atoms in total. The Kier molecular flexibility index (Phi) is 78.8. The van der Waals surface area contributed by atoms with E-state index >= 15 is 0 Å². The predicted molar refractivity (Wildman–Crippen MR) is 446 cm³/mol. The van der Waals surface area contributed by atoms with Crippen LogP contribution in [0.5, 0.6) is 0 Å². The van der Waals surface area contributed by atoms with Crippen LogP contribution in [0.25, 0.3) is 0 Å². The third-order valence-corrected chi connectivity index (χ3v) is 23.2. The van der Waals surface area contributed by atoms with Crippen LogP contribution in [0.3, 0.4) is 0 Å². The molecule has 19 heteroatoms. The Hall–Kier alpha value is -1.94. The van der Waals surface area contributed by atoms with Crippen LogP contribution in [-0.2, 0) is 65.4 Å². The number of ether oxygens (including phenoxy) is 4. The highest BCUT2D eigenvalue weighted by molar-refractivity contribution is 7.47. The lowest BCUT2D eigenvalue weighted by molar-refractivity contribution is -0.161. The molecule has 0 saturated heterocycles. The van der Waals surface area contributed by atoms with Crippen LogP contribution < -0.4 is 0 Å². The lowest BCUT2D eigenvalue weighted by Gasteiger charge is -2.21. The minimum atomic E-state index is -4.97. The molecule has 0 radical (unpaired) electrons. The maximum Gasteiger partial charge on any atom is 0.472 e. The van der Waals surface area contributed by atoms with Crippen LogP contribution in [0.4, 0.5) is 0 Å². The van der Waals surface area contributed by atoms with Crippen molar-refractivity contribution in [2.75, 3.05) is 39.6 Å². The zero-order valence-corrected chi connectivity index (χ0v) is 73.0. The molecular formula is C89H174O17P2. The van der Waals surface area contributed by atoms with Crippen molar-refractivity contribution < 1.29 is 80.2 Å². The third kappa shape index (κ3) is 80.7. The summed E-state index contributed by atoms with van der Waals surface area (Å²) < 4.78 is 68.9. The van der Waals surface area contributed by atoms with Crippen LogP contribution in [-0.4, -0.2) is 96.7 Å². The zero-order chi connectivity index (χ0) is 79.2. The Morgan fingerprint density at radius 3 is 0.704 bits per heavy atom. The van der Waals surface area contributed by atoms with E-state index in [0.717, 1.165) is 102 Å². The molecule has 0 saturated carbocycles. The molecule has 3 unspecified atom stereocenters. The van der Waals surface area contributed by atoms with Gasteiger partial charge in [-0.1, -0.05) is 427 Å². The maximum atomic E-state index is 13.2. The number of esters is 4. The van der Waals surface area contributed by atoms with Gasteiger partial charge in [-0.15, -0.1) is 0 Å². The van der Waals surface area contributed by atoms with Crippen molar-refractivity contribution >= 4 is 39.5 Å². The Labute approximate surface area is 664 Å². The monoisotopic (exact) mass is 1580 g/mol. The molecule has 0 heterocycles. The number of rotatable bonds is 88. The van der Waals surface area contributed by atoms with Gasteiger partial charge in [-0.05, 0) is 37.5 Å². The zero-order valence-electron chi connectivity index (χ0n) is 71.2. The number of unbranched alkanes of at least 4 members (excludes halogenated alkanes) is 57. The van der Waals surface area contributed by atoms with Crippen molar-refractivity contribution in [1.82, 2.24) is 0 Å². The molecule has 0 aliphatic carbocycles. The summed E-state index contributed by atoms with van der Waals surface area (Å²) in [5, 5.41) is 10.7. The standard InChI is InChI=1S/C89H174O17P2/c1-7-10-12-14-16-18-19-20-21-22-23-24-28-31-37-42-48-54-60-66-72-87(92)100-78-85(106-89(94)73-67-61-55-49-43-38-32-29-26-25-27-30-36-41-47-52-58-64-70-82(6)9-3)80-104-108(97,98)102-76-83(90)75-101-107(95,96)103-79-84(77-99-86(91)71-65-59-53-45-17-15-13-11-8-2)105-88(93)74-68-62-56-50-44-39-34-33-35-40-46-51-57-63-69-81(4)5/h81-85,90H,7-80H2,1-6H3,(H,95,96)(H,97,98)/t82?,83-,84+,85+/m0/s1. The van der Waals surface area contributed by atoms with Gasteiger partial charge >= 0.3 is 39.5 Å². The Bertz CT molecular complexity index is 2070. The van der Waals surface area contributed by atoms with E-state index in [1.165, 1.54) is 295 Å². The largest absolute Gasteiger partial charge is 0.472 e. The van der Waals surface area contributed by atoms with Crippen molar-refractivity contribution in [3.8, 4) is 0 Å². The van der Waals surface area contributed by atoms with Gasteiger partial charge in [-0.25, -0.2) is 9.13 Å². The SMILES string of the molecule is CCCCCCCCCCCCCCCCCCCCCCC(=O)OC[C@H](COP(=O)(O)OC[C@@H](O)COP(=O)(O)OC[C@@H](COC(=O)CCCCCCCCCCC)OC(=O)CCCCCCCCCCCCCCCCC(C)C)OC(=O)CCCCCCCCCCCCCCCCCCCCC(C)CC. The molecule has 0 aromatic rings. The summed E-state index contributed by atoms with van der Waals surface area (Å²) in [6, 6.07) is 0. The first-order valence-electron chi connectivity index (χ1n) is 46.0. The lowest BCUT2D eigenvalue weighted by Crippen LogP contribution is -2.30. The molecule has 642 valence electrons. The number of phosphoric acid groups is 2. The van der Waals surface area contributed by atoms with E-state index < -0.39 is 97.5 Å². The molecule has 0 bridgehead atoms. The van der Waals surface area contributed by atoms with Crippen LogP contribution in [0.2, 0.25) is 0 Å². The van der Waals surface area contributed by atoms with Gasteiger partial charge in [0.1, 0.15) is 19.3 Å². The molecule has 0 amide bonds. The fourth-order valence-corrected chi connectivity index (χ4v) is 15.5. The Balaban J connectivity index is 5.20. The number of carbonyl (C=O) groups is 4. The van der Waals surface area contributed by atoms with Crippen LogP contribution >= 0.6 is 15.6 Å². The fraction of sp³-hybridized carbons (Fsp3) is 0.955. The minimum Gasteiger partial charge on any atom is -0.462 e. The molecule has 3 N–H and O–H groups in total. The van der Waals surface area contributed by atoms with Gasteiger partial charge in [-0.2, -0.15) is 0 Å². The molecular weight excluding hydrogens is 1400 g/mol. The van der Waals surface area contributed by atoms with Gasteiger partial charge in [0.15, 0.2) is 12.2 Å². The highest BCUT2D eigenvalue weighted by Gasteiger charge is 2.31. The van der Waals surface area contributed by atoms with Crippen molar-refractivity contribution in [3.05, 3.63) is 0 Å². The number of hydrogen-bond donors (Lipinski definition) is 3. The smallest absolute Gasteiger partial charge is 0.462 e. The molecule has 0 spiro atoms. The molecule has 0 fully saturated rings. The average Bonchev–Trinajstić information content (AvgIpc) is 0.905. The molecule has 0 rings (SSSR count). The molecule has 6 atom stereocenters. The van der Waals surface area contributed by atoms with Crippen LogP contribution in [0.15, 0.2) is 0 Å². The second kappa shape index (κ2) is 80.3. The van der Waals surface area contributed by atoms with Gasteiger partial charge in [-0.3, -0.25) is 37.3 Å². The fourth-order valence-electron chi connectivity index (χ4n) is 13.9. The predicted octanol–water partition coefficient (Wildman–Crippen LogP) is 27.4. The topological polar surface area (TPSA) is 237 Å². The summed E-state index contributed by atoms with van der Waals surface area (Å²) in [6.45, 7) is 9.76. The van der Waals surface area contributed by atoms with Crippen molar-refractivity contribution in [1.29, 1.82) is 0 Å². The van der Waals surface area contributed by atoms with Gasteiger partial charge in [0.25, 0.3) is 0 Å². The highest BCUT2D eigenvalue weighted by atomic mass is 31.2. The summed E-state index contributed by atoms with van der Waals surface area (Å²) in [6.07, 6.45) is 73.7. The minimum absolute atomic E-state index is 0.108. The lowest BCUT2D eigenvalue weighted by atomic mass is 9.99. The van der Waals surface area contributed by atoms with E-state index in [1.54, 1.807) is 0 Å². The van der Waals surface area contributed by atoms with E-state index in [2.05, 4.69) is 41.5 Å². The third-order valence-electron chi connectivity index (χ3n) is 21.3. The van der Waals surface area contributed by atoms with Gasteiger partial charge in [0.05, 0.1) is 26.4 Å². The van der Waals surface area contributed by atoms with E-state index in [1.807, 2.05) is 0 Å². The Morgan fingerprint density at radius 1 is 0.269 bits per heavy atom. The molecule has 108 heavy (non-hydrogen) atoms. The first kappa shape index (κ1) is 106. The normalized spacial score (nSPS) is 14.0. The maximum absolute atomic E-state index is 13.2. The molecule has 0 aliphatic rings. The van der Waals surface area contributed by atoms with Gasteiger partial charge < -0.3 is 33.8 Å². The summed E-state index contributed by atoms with van der Waals surface area (Å²) in [5.41, 5.74) is 0. The number of hydrogen-bond acceptors (Lipinski definition) is 15. The van der Waals surface area contributed by atoms with E-state index in [0.29, 0.717) is 25.7 Å². The number of carbonyl (C=O) groups excluding carboxylic acids is 4. The summed E-state index contributed by atoms with van der Waals surface area (Å²) in [7, 11) is -9.93. The number of aliphatic hydroxyl groups excluding tert-OH is 1. The quantitative estimate of drug-likeness (QED) is 0.0222. The summed E-state index contributed by atoms with van der Waals surface area (Å²) in [4.78, 5) is 73.3. The van der Waals surface area contributed by atoms with Crippen molar-refractivity contribution in [3.63, 3.8) is 0 Å². The highest BCUT2D eigenvalue weighted by Crippen LogP contribution is 2.45. The van der Waals surface area contributed by atoms with Gasteiger partial charge in [0.2, 0.25) is 0 Å². The van der Waals surface area contributed by atoms with E-state index in [-0.39, 0.29) is 25.7 Å². The summed E-state index contributed by atoms with van der Waals surface area (Å²) >= 11 is 0. The second-order valence-corrected chi connectivity index (χ2v) is 35.6. The van der Waals surface area contributed by atoms with Crippen molar-refractivity contribution in [2.45, 2.75) is 496 Å². The van der Waals surface area contributed by atoms with Crippen LogP contribution in [0, 0.1) is 11.8 Å². The van der Waals surface area contributed by atoms with Crippen LogP contribution in [0.1, 0.15) is 478 Å². The molecule has 0 aromatic heterocycles. The first-order valence-corrected chi connectivity index (χ1v) is 49.0. The number of aliphatic hydroxyl groups is 1. The number of phosphoric ester groups is 2. The van der Waals surface area contributed by atoms with E-state index in [4.69, 9.17) is 37.0 Å². The summed E-state index contributed by atoms with van der Waals surface area (Å²) in [5.74, 6) is -0.434. The molecule has 0 aliphatic heterocycles. The first-order chi connectivity index (χ1) is 52.4. The van der Waals surface area contributed by atoms with Gasteiger partial charge in [0, 0.05) is 25.7 Å². The second-order valence-electron chi connectivity index (χ2n) is 32.7. The molecule has 0 aromatic carbocycles. The van der Waals surface area contributed by atoms with E-state index in [9.17, 15) is 43.2 Å².